The first-order valence-corrected chi connectivity index (χ1v) is 11.6. The van der Waals surface area contributed by atoms with Crippen molar-refractivity contribution in [2.24, 2.45) is 0 Å². The van der Waals surface area contributed by atoms with Gasteiger partial charge in [-0.3, -0.25) is 0 Å². The maximum absolute atomic E-state index is 13.1. The van der Waals surface area contributed by atoms with Gasteiger partial charge in [-0.05, 0) is 53.9 Å². The molecular weight excluding hydrogens is 440 g/mol. The summed E-state index contributed by atoms with van der Waals surface area (Å²) in [6, 6.07) is 25.1. The van der Waals surface area contributed by atoms with Crippen molar-refractivity contribution in [2.75, 3.05) is 19.0 Å². The first kappa shape index (κ1) is 23.9. The summed E-state index contributed by atoms with van der Waals surface area (Å²) in [5, 5.41) is 2.99. The van der Waals surface area contributed by atoms with Crippen LogP contribution in [0.5, 0.6) is 11.5 Å². The van der Waals surface area contributed by atoms with Gasteiger partial charge in [-0.2, -0.15) is 0 Å². The Morgan fingerprint density at radius 3 is 2.37 bits per heavy atom. The predicted molar refractivity (Wildman–Crippen MR) is 136 cm³/mol. The lowest BCUT2D eigenvalue weighted by atomic mass is 10.2. The Hall–Kier alpha value is -4.26. The van der Waals surface area contributed by atoms with Crippen LogP contribution in [0.3, 0.4) is 0 Å². The molecule has 35 heavy (non-hydrogen) atoms. The fourth-order valence-corrected chi connectivity index (χ4v) is 3.64. The van der Waals surface area contributed by atoms with Crippen molar-refractivity contribution in [2.45, 2.75) is 26.1 Å². The minimum absolute atomic E-state index is 0.148. The number of nitrogens with one attached hydrogen (secondary N) is 1. The molecule has 7 heteroatoms. The van der Waals surface area contributed by atoms with E-state index in [1.54, 1.807) is 19.6 Å². The molecule has 0 aliphatic carbocycles. The second-order valence-electron chi connectivity index (χ2n) is 8.15. The van der Waals surface area contributed by atoms with Crippen LogP contribution in [0, 0.1) is 0 Å². The standard InChI is InChI=1S/C28H30N4O3/c1-34-26-14-10-25(11-15-26)30-28(33)32(18-5-17-31-19-16-29-22-31)20-23-8-12-27(13-9-23)35-21-24-6-3-2-4-7-24/h2-4,6-16,19,22H,5,17-18,20-21H2,1H3,(H,30,33). The number of amides is 2. The topological polar surface area (TPSA) is 68.6 Å². The number of aryl methyl sites for hydroxylation is 1. The number of hydrogen-bond acceptors (Lipinski definition) is 4. The first-order chi connectivity index (χ1) is 17.2. The summed E-state index contributed by atoms with van der Waals surface area (Å²) in [6.07, 6.45) is 6.28. The van der Waals surface area contributed by atoms with Crippen LogP contribution in [0.25, 0.3) is 0 Å². The summed E-state index contributed by atoms with van der Waals surface area (Å²) in [4.78, 5) is 19.0. The van der Waals surface area contributed by atoms with Crippen molar-refractivity contribution < 1.29 is 14.3 Å². The van der Waals surface area contributed by atoms with Crippen molar-refractivity contribution in [1.29, 1.82) is 0 Å². The quantitative estimate of drug-likeness (QED) is 0.310. The maximum Gasteiger partial charge on any atom is 0.322 e. The molecule has 4 aromatic rings. The van der Waals surface area contributed by atoms with E-state index in [2.05, 4.69) is 10.3 Å². The molecule has 1 N–H and O–H groups in total. The normalized spacial score (nSPS) is 10.5. The molecule has 0 fully saturated rings. The van der Waals surface area contributed by atoms with Gasteiger partial charge in [0, 0.05) is 37.7 Å². The molecule has 180 valence electrons. The van der Waals surface area contributed by atoms with E-state index in [0.29, 0.717) is 19.7 Å². The fourth-order valence-electron chi connectivity index (χ4n) is 3.64. The highest BCUT2D eigenvalue weighted by Gasteiger charge is 2.15. The molecule has 0 bridgehead atoms. The van der Waals surface area contributed by atoms with Crippen molar-refractivity contribution >= 4 is 11.7 Å². The van der Waals surface area contributed by atoms with E-state index in [0.717, 1.165) is 41.3 Å². The Labute approximate surface area is 205 Å². The lowest BCUT2D eigenvalue weighted by Gasteiger charge is -2.24. The Kier molecular flexibility index (Phi) is 8.37. The van der Waals surface area contributed by atoms with Crippen LogP contribution < -0.4 is 14.8 Å². The van der Waals surface area contributed by atoms with Gasteiger partial charge in [0.25, 0.3) is 0 Å². The molecule has 7 nitrogen and oxygen atoms in total. The van der Waals surface area contributed by atoms with E-state index in [1.807, 2.05) is 94.5 Å². The van der Waals surface area contributed by atoms with Crippen LogP contribution in [0.1, 0.15) is 17.5 Å². The van der Waals surface area contributed by atoms with Gasteiger partial charge in [-0.15, -0.1) is 0 Å². The van der Waals surface area contributed by atoms with Gasteiger partial charge in [0.2, 0.25) is 0 Å². The van der Waals surface area contributed by atoms with Crippen LogP contribution in [0.2, 0.25) is 0 Å². The Balaban J connectivity index is 1.37. The number of methoxy groups -OCH3 is 1. The second-order valence-corrected chi connectivity index (χ2v) is 8.15. The largest absolute Gasteiger partial charge is 0.497 e. The van der Waals surface area contributed by atoms with E-state index in [4.69, 9.17) is 9.47 Å². The van der Waals surface area contributed by atoms with Crippen molar-refractivity contribution in [1.82, 2.24) is 14.5 Å². The van der Waals surface area contributed by atoms with E-state index in [1.165, 1.54) is 0 Å². The molecule has 3 aromatic carbocycles. The molecule has 0 atom stereocenters. The van der Waals surface area contributed by atoms with E-state index < -0.39 is 0 Å². The number of ether oxygens (including phenoxy) is 2. The molecule has 0 saturated heterocycles. The zero-order chi connectivity index (χ0) is 24.3. The van der Waals surface area contributed by atoms with Gasteiger partial charge in [0.15, 0.2) is 0 Å². The SMILES string of the molecule is COc1ccc(NC(=O)N(CCCn2ccnc2)Cc2ccc(OCc3ccccc3)cc2)cc1. The van der Waals surface area contributed by atoms with Crippen molar-refractivity contribution in [3.63, 3.8) is 0 Å². The third-order valence-corrected chi connectivity index (χ3v) is 5.58. The summed E-state index contributed by atoms with van der Waals surface area (Å²) in [5.41, 5.74) is 2.88. The highest BCUT2D eigenvalue weighted by atomic mass is 16.5. The molecule has 0 aliphatic heterocycles. The second kappa shape index (κ2) is 12.3. The van der Waals surface area contributed by atoms with Crippen LogP contribution in [-0.4, -0.2) is 34.1 Å². The number of carbonyl (C=O) groups is 1. The fraction of sp³-hybridized carbons (Fsp3) is 0.214. The number of hydrogen-bond donors (Lipinski definition) is 1. The molecule has 0 aliphatic rings. The number of rotatable bonds is 11. The van der Waals surface area contributed by atoms with E-state index in [-0.39, 0.29) is 6.03 Å². The zero-order valence-electron chi connectivity index (χ0n) is 19.8. The third-order valence-electron chi connectivity index (χ3n) is 5.58. The molecule has 0 saturated carbocycles. The molecule has 1 aromatic heterocycles. The van der Waals surface area contributed by atoms with Gasteiger partial charge >= 0.3 is 6.03 Å². The number of anilines is 1. The van der Waals surface area contributed by atoms with E-state index >= 15 is 0 Å². The van der Waals surface area contributed by atoms with Gasteiger partial charge in [0.1, 0.15) is 18.1 Å². The Bertz CT molecular complexity index is 1160. The molecule has 4 rings (SSSR count). The zero-order valence-corrected chi connectivity index (χ0v) is 19.8. The molecule has 0 radical (unpaired) electrons. The van der Waals surface area contributed by atoms with Gasteiger partial charge in [-0.1, -0.05) is 42.5 Å². The van der Waals surface area contributed by atoms with Gasteiger partial charge in [0.05, 0.1) is 13.4 Å². The monoisotopic (exact) mass is 470 g/mol. The number of imidazole rings is 1. The van der Waals surface area contributed by atoms with Crippen molar-refractivity contribution in [3.8, 4) is 11.5 Å². The number of carbonyl (C=O) groups excluding carboxylic acids is 1. The van der Waals surface area contributed by atoms with Crippen LogP contribution in [0.4, 0.5) is 10.5 Å². The predicted octanol–water partition coefficient (Wildman–Crippen LogP) is 5.60. The summed E-state index contributed by atoms with van der Waals surface area (Å²) in [7, 11) is 1.62. The average molecular weight is 471 g/mol. The summed E-state index contributed by atoms with van der Waals surface area (Å²) in [5.74, 6) is 1.54. The van der Waals surface area contributed by atoms with Gasteiger partial charge < -0.3 is 24.3 Å². The lowest BCUT2D eigenvalue weighted by Crippen LogP contribution is -2.35. The van der Waals surface area contributed by atoms with Crippen LogP contribution in [0.15, 0.2) is 97.6 Å². The molecular formula is C28H30N4O3. The molecule has 0 unspecified atom stereocenters. The smallest absolute Gasteiger partial charge is 0.322 e. The van der Waals surface area contributed by atoms with Gasteiger partial charge in [-0.25, -0.2) is 9.78 Å². The lowest BCUT2D eigenvalue weighted by molar-refractivity contribution is 0.207. The number of benzene rings is 3. The number of aromatic nitrogens is 2. The van der Waals surface area contributed by atoms with Crippen LogP contribution >= 0.6 is 0 Å². The Morgan fingerprint density at radius 2 is 1.69 bits per heavy atom. The number of urea groups is 1. The first-order valence-electron chi connectivity index (χ1n) is 11.6. The Morgan fingerprint density at radius 1 is 0.943 bits per heavy atom. The minimum atomic E-state index is -0.148. The maximum atomic E-state index is 13.1. The molecule has 0 spiro atoms. The van der Waals surface area contributed by atoms with Crippen LogP contribution in [-0.2, 0) is 19.7 Å². The van der Waals surface area contributed by atoms with Crippen molar-refractivity contribution in [3.05, 3.63) is 109 Å². The average Bonchev–Trinajstić information content (AvgIpc) is 3.42. The highest BCUT2D eigenvalue weighted by molar-refractivity contribution is 5.89. The minimum Gasteiger partial charge on any atom is -0.497 e. The highest BCUT2D eigenvalue weighted by Crippen LogP contribution is 2.18. The third kappa shape index (κ3) is 7.37. The number of nitrogens with zero attached hydrogens (tertiary/aromatic N) is 3. The molecule has 2 amide bonds. The van der Waals surface area contributed by atoms with E-state index in [9.17, 15) is 4.79 Å². The summed E-state index contributed by atoms with van der Waals surface area (Å²) >= 11 is 0. The summed E-state index contributed by atoms with van der Waals surface area (Å²) in [6.45, 7) is 2.40. The summed E-state index contributed by atoms with van der Waals surface area (Å²) < 4.78 is 13.1. The molecule has 1 heterocycles.